The number of hydrogen-bond donors (Lipinski definition) is 3. The highest BCUT2D eigenvalue weighted by Crippen LogP contribution is 2.37. The summed E-state index contributed by atoms with van der Waals surface area (Å²) in [6.45, 7) is 12.2. The van der Waals surface area contributed by atoms with E-state index in [4.69, 9.17) is 16.1 Å². The van der Waals surface area contributed by atoms with Gasteiger partial charge in [-0.15, -0.1) is 0 Å². The van der Waals surface area contributed by atoms with Crippen LogP contribution >= 0.6 is 11.6 Å². The summed E-state index contributed by atoms with van der Waals surface area (Å²) in [7, 11) is 0. The molecule has 1 aromatic carbocycles. The molecule has 1 fully saturated rings. The van der Waals surface area contributed by atoms with Gasteiger partial charge in [-0.2, -0.15) is 10.1 Å². The number of aryl methyl sites for hydroxylation is 5. The molecular formula is C27H33ClN8O. The molecule has 9 nitrogen and oxygen atoms in total. The molecule has 37 heavy (non-hydrogen) atoms. The van der Waals surface area contributed by atoms with Gasteiger partial charge in [-0.1, -0.05) is 29.2 Å². The van der Waals surface area contributed by atoms with E-state index < -0.39 is 0 Å². The van der Waals surface area contributed by atoms with Gasteiger partial charge in [0.15, 0.2) is 11.6 Å². The maximum atomic E-state index is 6.34. The molecule has 1 atom stereocenters. The number of likely N-dealkylation sites (tertiary alicyclic amines) is 1. The second-order valence-corrected chi connectivity index (χ2v) is 10.3. The Morgan fingerprint density at radius 3 is 2.65 bits per heavy atom. The van der Waals surface area contributed by atoms with Crippen molar-refractivity contribution in [2.24, 2.45) is 0 Å². The van der Waals surface area contributed by atoms with Crippen LogP contribution in [0.2, 0.25) is 5.02 Å². The fraction of sp³-hybridized carbons (Fsp3) is 0.407. The minimum atomic E-state index is 0.357. The number of aromatic amines is 1. The van der Waals surface area contributed by atoms with Gasteiger partial charge in [-0.25, -0.2) is 4.98 Å². The fourth-order valence-corrected chi connectivity index (χ4v) is 5.17. The molecular weight excluding hydrogens is 488 g/mol. The summed E-state index contributed by atoms with van der Waals surface area (Å²) in [5, 5.41) is 18.2. The number of H-pyrrole nitrogens is 1. The van der Waals surface area contributed by atoms with Crippen LogP contribution in [0.1, 0.15) is 64.7 Å². The van der Waals surface area contributed by atoms with Gasteiger partial charge in [0.05, 0.1) is 11.9 Å². The standard InChI is InChI=1S/C27H33ClN8O/c1-15-11-23(30-27-29-13-22(28)26(32-27)31-25-12-17(3)33-34-25)16(2)10-20(15)24-8-6-7-9-36(24)14-21-18(4)35-37-19(21)5/h10-13,24H,6-9,14H2,1-5H3,(H3,29,30,31,32,33,34). The molecule has 4 aromatic rings. The highest BCUT2D eigenvalue weighted by molar-refractivity contribution is 6.32. The third-order valence-electron chi connectivity index (χ3n) is 7.07. The van der Waals surface area contributed by atoms with Crippen molar-refractivity contribution in [1.29, 1.82) is 0 Å². The largest absolute Gasteiger partial charge is 0.361 e. The quantitative estimate of drug-likeness (QED) is 0.250. The average Bonchev–Trinajstić information content (AvgIpc) is 3.43. The van der Waals surface area contributed by atoms with Crippen molar-refractivity contribution in [2.45, 2.75) is 66.5 Å². The van der Waals surface area contributed by atoms with Gasteiger partial charge in [-0.05, 0) is 76.8 Å². The molecule has 0 spiro atoms. The van der Waals surface area contributed by atoms with E-state index >= 15 is 0 Å². The molecule has 3 N–H and O–H groups in total. The summed E-state index contributed by atoms with van der Waals surface area (Å²) >= 11 is 6.34. The monoisotopic (exact) mass is 520 g/mol. The van der Waals surface area contributed by atoms with Crippen molar-refractivity contribution in [3.05, 3.63) is 68.8 Å². The molecule has 10 heteroatoms. The van der Waals surface area contributed by atoms with Crippen LogP contribution in [0.25, 0.3) is 0 Å². The Bertz CT molecular complexity index is 1390. The summed E-state index contributed by atoms with van der Waals surface area (Å²) < 4.78 is 5.43. The van der Waals surface area contributed by atoms with Crippen LogP contribution in [0, 0.1) is 34.6 Å². The van der Waals surface area contributed by atoms with Crippen molar-refractivity contribution >= 4 is 34.9 Å². The normalized spacial score (nSPS) is 16.2. The zero-order valence-electron chi connectivity index (χ0n) is 21.9. The van der Waals surface area contributed by atoms with E-state index in [9.17, 15) is 0 Å². The van der Waals surface area contributed by atoms with Crippen LogP contribution in [-0.4, -0.2) is 36.8 Å². The van der Waals surface area contributed by atoms with Crippen molar-refractivity contribution in [3.63, 3.8) is 0 Å². The van der Waals surface area contributed by atoms with E-state index in [1.54, 1.807) is 6.20 Å². The molecule has 4 heterocycles. The molecule has 0 radical (unpaired) electrons. The van der Waals surface area contributed by atoms with Crippen molar-refractivity contribution in [2.75, 3.05) is 17.2 Å². The molecule has 3 aromatic heterocycles. The van der Waals surface area contributed by atoms with Crippen molar-refractivity contribution < 1.29 is 4.52 Å². The maximum Gasteiger partial charge on any atom is 0.229 e. The topological polar surface area (TPSA) is 108 Å². The minimum absolute atomic E-state index is 0.357. The van der Waals surface area contributed by atoms with E-state index in [1.807, 2.05) is 26.8 Å². The van der Waals surface area contributed by atoms with Gasteiger partial charge in [0.25, 0.3) is 0 Å². The zero-order valence-corrected chi connectivity index (χ0v) is 22.7. The van der Waals surface area contributed by atoms with Crippen LogP contribution < -0.4 is 10.6 Å². The third kappa shape index (κ3) is 5.47. The number of hydrogen-bond acceptors (Lipinski definition) is 8. The summed E-state index contributed by atoms with van der Waals surface area (Å²) in [6, 6.07) is 6.73. The van der Waals surface area contributed by atoms with Gasteiger partial charge >= 0.3 is 0 Å². The van der Waals surface area contributed by atoms with Crippen molar-refractivity contribution in [1.82, 2.24) is 30.2 Å². The van der Waals surface area contributed by atoms with E-state index in [-0.39, 0.29) is 0 Å². The van der Waals surface area contributed by atoms with Gasteiger partial charge < -0.3 is 15.2 Å². The zero-order chi connectivity index (χ0) is 26.1. The Morgan fingerprint density at radius 2 is 1.92 bits per heavy atom. The Kier molecular flexibility index (Phi) is 7.17. The first-order valence-electron chi connectivity index (χ1n) is 12.6. The molecule has 5 rings (SSSR count). The molecule has 194 valence electrons. The third-order valence-corrected chi connectivity index (χ3v) is 7.35. The van der Waals surface area contributed by atoms with Gasteiger partial charge in [-0.3, -0.25) is 10.00 Å². The van der Waals surface area contributed by atoms with Crippen LogP contribution in [0.4, 0.5) is 23.3 Å². The van der Waals surface area contributed by atoms with Crippen molar-refractivity contribution in [3.8, 4) is 0 Å². The summed E-state index contributed by atoms with van der Waals surface area (Å²) in [5.41, 5.74) is 7.84. The summed E-state index contributed by atoms with van der Waals surface area (Å²) in [6.07, 6.45) is 5.16. The Hall–Kier alpha value is -3.43. The number of piperidine rings is 1. The average molecular weight is 521 g/mol. The lowest BCUT2D eigenvalue weighted by Crippen LogP contribution is -2.33. The maximum absolute atomic E-state index is 6.34. The van der Waals surface area contributed by atoms with Gasteiger partial charge in [0, 0.05) is 35.6 Å². The first-order chi connectivity index (χ1) is 17.8. The molecule has 1 aliphatic heterocycles. The number of anilines is 4. The van der Waals surface area contributed by atoms with Crippen LogP contribution in [0.3, 0.4) is 0 Å². The van der Waals surface area contributed by atoms with Crippen LogP contribution in [-0.2, 0) is 6.54 Å². The lowest BCUT2D eigenvalue weighted by molar-refractivity contribution is 0.139. The Labute approximate surface area is 222 Å². The molecule has 0 saturated carbocycles. The SMILES string of the molecule is Cc1cc(Nc2nc(Nc3cc(C)c(C4CCCCN4Cc4c(C)noc4C)cc3C)ncc2Cl)n[nH]1. The molecule has 0 amide bonds. The molecule has 1 saturated heterocycles. The lowest BCUT2D eigenvalue weighted by Gasteiger charge is -2.37. The Balaban J connectivity index is 1.37. The van der Waals surface area contributed by atoms with E-state index in [0.29, 0.717) is 28.6 Å². The summed E-state index contributed by atoms with van der Waals surface area (Å²) in [4.78, 5) is 11.5. The lowest BCUT2D eigenvalue weighted by atomic mass is 9.90. The first kappa shape index (κ1) is 25.2. The smallest absolute Gasteiger partial charge is 0.229 e. The Morgan fingerprint density at radius 1 is 1.08 bits per heavy atom. The predicted molar refractivity (Wildman–Crippen MR) is 146 cm³/mol. The first-order valence-corrected chi connectivity index (χ1v) is 13.0. The number of nitrogens with one attached hydrogen (secondary N) is 3. The van der Waals surface area contributed by atoms with E-state index in [0.717, 1.165) is 47.9 Å². The van der Waals surface area contributed by atoms with Gasteiger partial charge in [0.1, 0.15) is 10.8 Å². The predicted octanol–water partition coefficient (Wildman–Crippen LogP) is 6.60. The van der Waals surface area contributed by atoms with Gasteiger partial charge in [0.2, 0.25) is 5.95 Å². The fourth-order valence-electron chi connectivity index (χ4n) is 5.03. The molecule has 1 unspecified atom stereocenters. The second kappa shape index (κ2) is 10.5. The number of benzene rings is 1. The van der Waals surface area contributed by atoms with E-state index in [1.165, 1.54) is 29.5 Å². The number of aromatic nitrogens is 5. The highest BCUT2D eigenvalue weighted by atomic mass is 35.5. The molecule has 0 aliphatic carbocycles. The number of rotatable bonds is 7. The van der Waals surface area contributed by atoms with Crippen LogP contribution in [0.15, 0.2) is 28.9 Å². The van der Waals surface area contributed by atoms with Crippen LogP contribution in [0.5, 0.6) is 0 Å². The number of nitrogens with zero attached hydrogens (tertiary/aromatic N) is 5. The highest BCUT2D eigenvalue weighted by Gasteiger charge is 2.27. The minimum Gasteiger partial charge on any atom is -0.361 e. The number of halogens is 1. The molecule has 0 bridgehead atoms. The second-order valence-electron chi connectivity index (χ2n) is 9.88. The molecule has 1 aliphatic rings. The van der Waals surface area contributed by atoms with E-state index in [2.05, 4.69) is 66.8 Å². The summed E-state index contributed by atoms with van der Waals surface area (Å²) in [5.74, 6) is 2.52.